The van der Waals surface area contributed by atoms with Crippen LogP contribution in [0.25, 0.3) is 0 Å². The molecule has 4 heteroatoms. The number of aromatic hydroxyl groups is 1. The molecule has 0 radical (unpaired) electrons. The first-order valence-electron chi connectivity index (χ1n) is 8.88. The molecule has 0 heterocycles. The maximum atomic E-state index is 10.4. The van der Waals surface area contributed by atoms with Crippen molar-refractivity contribution in [1.82, 2.24) is 0 Å². The van der Waals surface area contributed by atoms with Gasteiger partial charge in [-0.25, -0.2) is 0 Å². The molecule has 0 bridgehead atoms. The maximum absolute atomic E-state index is 10.4. The minimum atomic E-state index is 0.153. The standard InChI is InChI=1S/C22H30O4/c1-17(7-5-9-18(2)13-14-23)8-6-10-19(3)16-26-21-12-11-20(24)15-22(21)25-4/h7,10-15,24H,5-6,8-9,16H2,1-4H3/b17-7+,18-13+,19-10+. The summed E-state index contributed by atoms with van der Waals surface area (Å²) in [7, 11) is 1.55. The molecule has 1 N–H and O–H groups in total. The van der Waals surface area contributed by atoms with Crippen LogP contribution >= 0.6 is 0 Å². The Balaban J connectivity index is 2.39. The van der Waals surface area contributed by atoms with Crippen molar-refractivity contribution < 1.29 is 19.4 Å². The Kier molecular flexibility index (Phi) is 9.91. The van der Waals surface area contributed by atoms with Gasteiger partial charge in [0.15, 0.2) is 11.5 Å². The van der Waals surface area contributed by atoms with Gasteiger partial charge in [-0.15, -0.1) is 0 Å². The highest BCUT2D eigenvalue weighted by Gasteiger charge is 2.05. The third-order valence-corrected chi connectivity index (χ3v) is 4.02. The molecule has 0 spiro atoms. The Hall–Kier alpha value is -2.49. The van der Waals surface area contributed by atoms with E-state index in [1.54, 1.807) is 25.3 Å². The molecule has 0 saturated carbocycles. The number of aldehydes is 1. The fourth-order valence-corrected chi connectivity index (χ4v) is 2.42. The monoisotopic (exact) mass is 358 g/mol. The minimum Gasteiger partial charge on any atom is -0.508 e. The number of phenolic OH excluding ortho intramolecular Hbond substituents is 1. The molecule has 0 amide bonds. The summed E-state index contributed by atoms with van der Waals surface area (Å²) in [6.07, 6.45) is 10.8. The van der Waals surface area contributed by atoms with E-state index in [9.17, 15) is 9.90 Å². The predicted molar refractivity (Wildman–Crippen MR) is 106 cm³/mol. The van der Waals surface area contributed by atoms with Gasteiger partial charge in [-0.05, 0) is 70.2 Å². The van der Waals surface area contributed by atoms with Crippen LogP contribution in [0.2, 0.25) is 0 Å². The number of ether oxygens (including phenoxy) is 2. The summed E-state index contributed by atoms with van der Waals surface area (Å²) < 4.78 is 11.0. The second-order valence-electron chi connectivity index (χ2n) is 6.45. The quantitative estimate of drug-likeness (QED) is 0.328. The Labute approximate surface area is 156 Å². The largest absolute Gasteiger partial charge is 0.508 e. The summed E-state index contributed by atoms with van der Waals surface area (Å²) in [5.74, 6) is 1.30. The van der Waals surface area contributed by atoms with Gasteiger partial charge in [-0.2, -0.15) is 0 Å². The van der Waals surface area contributed by atoms with E-state index < -0.39 is 0 Å². The Bertz CT molecular complexity index is 669. The van der Waals surface area contributed by atoms with Crippen molar-refractivity contribution in [1.29, 1.82) is 0 Å². The van der Waals surface area contributed by atoms with Gasteiger partial charge in [0.25, 0.3) is 0 Å². The maximum Gasteiger partial charge on any atom is 0.164 e. The lowest BCUT2D eigenvalue weighted by atomic mass is 10.1. The highest BCUT2D eigenvalue weighted by atomic mass is 16.5. The van der Waals surface area contributed by atoms with Crippen molar-refractivity contribution in [2.24, 2.45) is 0 Å². The van der Waals surface area contributed by atoms with Gasteiger partial charge in [0.2, 0.25) is 0 Å². The number of hydrogen-bond acceptors (Lipinski definition) is 4. The van der Waals surface area contributed by atoms with Crippen LogP contribution in [-0.2, 0) is 4.79 Å². The SMILES string of the molecule is COc1cc(O)ccc1OC/C(C)=C/CC/C(C)=C/CC/C(C)=C/C=O. The molecule has 0 aliphatic heterocycles. The summed E-state index contributed by atoms with van der Waals surface area (Å²) in [4.78, 5) is 10.4. The molecule has 0 atom stereocenters. The normalized spacial score (nSPS) is 12.8. The average molecular weight is 358 g/mol. The molecule has 1 rings (SSSR count). The number of rotatable bonds is 11. The Morgan fingerprint density at radius 3 is 2.31 bits per heavy atom. The van der Waals surface area contributed by atoms with E-state index in [1.165, 1.54) is 11.6 Å². The van der Waals surface area contributed by atoms with Crippen molar-refractivity contribution in [3.8, 4) is 17.2 Å². The van der Waals surface area contributed by atoms with Crippen LogP contribution in [0, 0.1) is 0 Å². The molecule has 142 valence electrons. The van der Waals surface area contributed by atoms with E-state index >= 15 is 0 Å². The van der Waals surface area contributed by atoms with Crippen molar-refractivity contribution >= 4 is 6.29 Å². The first-order chi connectivity index (χ1) is 12.5. The van der Waals surface area contributed by atoms with Gasteiger partial charge in [0, 0.05) is 6.07 Å². The summed E-state index contributed by atoms with van der Waals surface area (Å²) in [6, 6.07) is 4.82. The van der Waals surface area contributed by atoms with Gasteiger partial charge in [-0.1, -0.05) is 23.3 Å². The van der Waals surface area contributed by atoms with Gasteiger partial charge in [0.05, 0.1) is 7.11 Å². The first-order valence-corrected chi connectivity index (χ1v) is 8.88. The summed E-state index contributed by atoms with van der Waals surface area (Å²) in [6.45, 7) is 6.64. The van der Waals surface area contributed by atoms with E-state index in [0.717, 1.165) is 43.1 Å². The molecule has 0 aliphatic rings. The summed E-state index contributed by atoms with van der Waals surface area (Å²) in [5.41, 5.74) is 3.62. The highest BCUT2D eigenvalue weighted by molar-refractivity contribution is 5.65. The Morgan fingerprint density at radius 2 is 1.65 bits per heavy atom. The van der Waals surface area contributed by atoms with E-state index in [2.05, 4.69) is 19.1 Å². The molecular weight excluding hydrogens is 328 g/mol. The van der Waals surface area contributed by atoms with E-state index in [1.807, 2.05) is 13.8 Å². The van der Waals surface area contributed by atoms with Crippen LogP contribution in [0.4, 0.5) is 0 Å². The number of allylic oxidation sites excluding steroid dienone is 5. The number of carbonyl (C=O) groups excluding carboxylic acids is 1. The fourth-order valence-electron chi connectivity index (χ4n) is 2.42. The molecule has 26 heavy (non-hydrogen) atoms. The zero-order chi connectivity index (χ0) is 19.4. The van der Waals surface area contributed by atoms with E-state index in [0.29, 0.717) is 18.1 Å². The van der Waals surface area contributed by atoms with Crippen LogP contribution in [0.3, 0.4) is 0 Å². The van der Waals surface area contributed by atoms with Crippen molar-refractivity contribution in [3.05, 3.63) is 53.1 Å². The zero-order valence-corrected chi connectivity index (χ0v) is 16.2. The molecule has 4 nitrogen and oxygen atoms in total. The Morgan fingerprint density at radius 1 is 1.00 bits per heavy atom. The number of methoxy groups -OCH3 is 1. The molecule has 0 aromatic heterocycles. The van der Waals surface area contributed by atoms with Crippen molar-refractivity contribution in [3.63, 3.8) is 0 Å². The molecule has 0 unspecified atom stereocenters. The molecule has 1 aromatic rings. The van der Waals surface area contributed by atoms with Crippen molar-refractivity contribution in [2.75, 3.05) is 13.7 Å². The number of carbonyl (C=O) groups is 1. The number of phenols is 1. The first kappa shape index (κ1) is 21.6. The zero-order valence-electron chi connectivity index (χ0n) is 16.2. The third-order valence-electron chi connectivity index (χ3n) is 4.02. The predicted octanol–water partition coefficient (Wildman–Crippen LogP) is 5.38. The molecule has 0 aliphatic carbocycles. The second kappa shape index (κ2) is 12.0. The van der Waals surface area contributed by atoms with E-state index in [4.69, 9.17) is 9.47 Å². The van der Waals surface area contributed by atoms with Crippen LogP contribution in [0.15, 0.2) is 53.1 Å². The van der Waals surface area contributed by atoms with Gasteiger partial charge in [0.1, 0.15) is 18.6 Å². The van der Waals surface area contributed by atoms with Gasteiger partial charge >= 0.3 is 0 Å². The van der Waals surface area contributed by atoms with Gasteiger partial charge in [-0.3, -0.25) is 4.79 Å². The average Bonchev–Trinajstić information content (AvgIpc) is 2.60. The summed E-state index contributed by atoms with van der Waals surface area (Å²) in [5, 5.41) is 9.46. The molecular formula is C22H30O4. The topological polar surface area (TPSA) is 55.8 Å². The smallest absolute Gasteiger partial charge is 0.164 e. The van der Waals surface area contributed by atoms with Crippen molar-refractivity contribution in [2.45, 2.75) is 46.5 Å². The van der Waals surface area contributed by atoms with Crippen LogP contribution < -0.4 is 9.47 Å². The summed E-state index contributed by atoms with van der Waals surface area (Å²) >= 11 is 0. The van der Waals surface area contributed by atoms with Crippen LogP contribution in [0.1, 0.15) is 46.5 Å². The van der Waals surface area contributed by atoms with Crippen LogP contribution in [0.5, 0.6) is 17.2 Å². The van der Waals surface area contributed by atoms with Crippen LogP contribution in [-0.4, -0.2) is 25.1 Å². The minimum absolute atomic E-state index is 0.153. The number of benzene rings is 1. The molecule has 1 aromatic carbocycles. The lowest BCUT2D eigenvalue weighted by molar-refractivity contribution is -0.104. The third kappa shape index (κ3) is 8.56. The molecule has 0 saturated heterocycles. The lowest BCUT2D eigenvalue weighted by Crippen LogP contribution is -2.00. The highest BCUT2D eigenvalue weighted by Crippen LogP contribution is 2.30. The number of hydrogen-bond donors (Lipinski definition) is 1. The lowest BCUT2D eigenvalue weighted by Gasteiger charge is -2.11. The van der Waals surface area contributed by atoms with Gasteiger partial charge < -0.3 is 14.6 Å². The second-order valence-corrected chi connectivity index (χ2v) is 6.45. The fraction of sp³-hybridized carbons (Fsp3) is 0.409. The van der Waals surface area contributed by atoms with E-state index in [-0.39, 0.29) is 5.75 Å². The molecule has 0 fully saturated rings.